The second-order valence-corrected chi connectivity index (χ2v) is 9.59. The highest BCUT2D eigenvalue weighted by Gasteiger charge is 2.13. The molecule has 0 saturated heterocycles. The molecule has 0 atom stereocenters. The molecule has 0 spiro atoms. The van der Waals surface area contributed by atoms with Crippen molar-refractivity contribution in [2.24, 2.45) is 5.41 Å². The molecular formula is C30H38O4. The number of ether oxygens (including phenoxy) is 1. The van der Waals surface area contributed by atoms with E-state index in [0.717, 1.165) is 30.2 Å². The van der Waals surface area contributed by atoms with Crippen molar-refractivity contribution in [3.8, 4) is 17.2 Å². The number of aromatic hydroxyl groups is 2. The third-order valence-electron chi connectivity index (χ3n) is 5.82. The van der Waals surface area contributed by atoms with Gasteiger partial charge in [-0.15, -0.1) is 0 Å². The molecule has 0 aromatic heterocycles. The zero-order valence-electron chi connectivity index (χ0n) is 21.1. The van der Waals surface area contributed by atoms with E-state index in [0.29, 0.717) is 5.41 Å². The van der Waals surface area contributed by atoms with Crippen molar-refractivity contribution in [3.05, 3.63) is 89.0 Å². The smallest absolute Gasteiger partial charge is 0.170 e. The molecule has 34 heavy (non-hydrogen) atoms. The fourth-order valence-electron chi connectivity index (χ4n) is 3.58. The summed E-state index contributed by atoms with van der Waals surface area (Å²) in [5.41, 5.74) is 4.37. The molecule has 2 aromatic rings. The van der Waals surface area contributed by atoms with Crippen molar-refractivity contribution in [3.63, 3.8) is 0 Å². The van der Waals surface area contributed by atoms with E-state index in [1.54, 1.807) is 31.4 Å². The van der Waals surface area contributed by atoms with E-state index in [1.807, 2.05) is 0 Å². The summed E-state index contributed by atoms with van der Waals surface area (Å²) >= 11 is 0. The Bertz CT molecular complexity index is 1040. The highest BCUT2D eigenvalue weighted by atomic mass is 16.5. The van der Waals surface area contributed by atoms with E-state index in [2.05, 4.69) is 52.0 Å². The first-order chi connectivity index (χ1) is 16.1. The maximum Gasteiger partial charge on any atom is 0.170 e. The summed E-state index contributed by atoms with van der Waals surface area (Å²) in [6, 6.07) is 11.1. The number of phenolic OH excluding ortho intramolecular Hbond substituents is 2. The Labute approximate surface area is 204 Å². The first kappa shape index (κ1) is 27.0. The fourth-order valence-corrected chi connectivity index (χ4v) is 3.58. The molecular weight excluding hydrogens is 424 g/mol. The summed E-state index contributed by atoms with van der Waals surface area (Å²) in [6.45, 7) is 9.10. The number of allylic oxidation sites excluding steroid dienone is 6. The monoisotopic (exact) mass is 462 g/mol. The van der Waals surface area contributed by atoms with Crippen molar-refractivity contribution in [1.29, 1.82) is 0 Å². The summed E-state index contributed by atoms with van der Waals surface area (Å²) < 4.78 is 5.04. The molecule has 1 aliphatic rings. The van der Waals surface area contributed by atoms with Crippen LogP contribution < -0.4 is 4.74 Å². The van der Waals surface area contributed by atoms with Crippen LogP contribution in [0.15, 0.2) is 77.9 Å². The van der Waals surface area contributed by atoms with Gasteiger partial charge in [-0.3, -0.25) is 4.79 Å². The number of rotatable bonds is 4. The number of benzene rings is 2. The van der Waals surface area contributed by atoms with Crippen molar-refractivity contribution < 1.29 is 19.7 Å². The average Bonchev–Trinajstić information content (AvgIpc) is 2.80. The molecule has 182 valence electrons. The molecule has 0 aliphatic heterocycles. The molecule has 4 heteroatoms. The first-order valence-electron chi connectivity index (χ1n) is 11.8. The van der Waals surface area contributed by atoms with Gasteiger partial charge in [0.15, 0.2) is 5.78 Å². The van der Waals surface area contributed by atoms with Gasteiger partial charge in [-0.05, 0) is 74.8 Å². The number of carbonyl (C=O) groups is 1. The molecule has 1 aliphatic carbocycles. The third-order valence-corrected chi connectivity index (χ3v) is 5.82. The van der Waals surface area contributed by atoms with Gasteiger partial charge in [-0.2, -0.15) is 0 Å². The van der Waals surface area contributed by atoms with Crippen LogP contribution in [0, 0.1) is 5.41 Å². The van der Waals surface area contributed by atoms with Crippen molar-refractivity contribution in [2.75, 3.05) is 7.11 Å². The third kappa shape index (κ3) is 9.30. The molecule has 2 aromatic carbocycles. The number of carbonyl (C=O) groups excluding carboxylic acids is 1. The van der Waals surface area contributed by atoms with Crippen molar-refractivity contribution >= 4 is 5.78 Å². The highest BCUT2D eigenvalue weighted by Crippen LogP contribution is 2.26. The van der Waals surface area contributed by atoms with E-state index in [-0.39, 0.29) is 29.3 Å². The molecule has 2 N–H and O–H groups in total. The van der Waals surface area contributed by atoms with Gasteiger partial charge in [0.05, 0.1) is 12.7 Å². The van der Waals surface area contributed by atoms with Gasteiger partial charge < -0.3 is 14.9 Å². The Morgan fingerprint density at radius 2 is 1.71 bits per heavy atom. The standard InChI is InChI=1S/C15H14O4.C15H24/c1-19-12-5-2-10(3-6-12)8-14(17)13-7-4-11(16)9-15(13)18;1-13-7-5-8-14(2)10-12-15(3,4)11-6-9-13/h2-7,9,16,18H,8H2,1H3;6-7,10-11H,5,8-9,12H2,1-4H3. The zero-order valence-corrected chi connectivity index (χ0v) is 21.1. The topological polar surface area (TPSA) is 66.8 Å². The molecule has 3 rings (SSSR count). The number of phenols is 2. The second-order valence-electron chi connectivity index (χ2n) is 9.59. The molecule has 0 saturated carbocycles. The number of methoxy groups -OCH3 is 1. The quantitative estimate of drug-likeness (QED) is 0.363. The average molecular weight is 463 g/mol. The summed E-state index contributed by atoms with van der Waals surface area (Å²) in [7, 11) is 1.58. The second kappa shape index (κ2) is 12.8. The van der Waals surface area contributed by atoms with Gasteiger partial charge in [0, 0.05) is 12.5 Å². The van der Waals surface area contributed by atoms with Crippen LogP contribution in [0.3, 0.4) is 0 Å². The minimum Gasteiger partial charge on any atom is -0.508 e. The van der Waals surface area contributed by atoms with Crippen molar-refractivity contribution in [1.82, 2.24) is 0 Å². The van der Waals surface area contributed by atoms with Gasteiger partial charge in [0.1, 0.15) is 17.2 Å². The van der Waals surface area contributed by atoms with Gasteiger partial charge in [0.25, 0.3) is 0 Å². The van der Waals surface area contributed by atoms with E-state index in [4.69, 9.17) is 4.74 Å². The Balaban J connectivity index is 0.000000248. The molecule has 0 amide bonds. The lowest BCUT2D eigenvalue weighted by Crippen LogP contribution is -2.05. The van der Waals surface area contributed by atoms with Crippen LogP contribution in [0.5, 0.6) is 17.2 Å². The number of ketones is 1. The van der Waals surface area contributed by atoms with Gasteiger partial charge in [-0.25, -0.2) is 0 Å². The molecule has 0 heterocycles. The Hall–Kier alpha value is -3.27. The number of hydrogen-bond donors (Lipinski definition) is 2. The normalized spacial score (nSPS) is 15.7. The van der Waals surface area contributed by atoms with Gasteiger partial charge in [-0.1, -0.05) is 61.4 Å². The lowest BCUT2D eigenvalue weighted by atomic mass is 9.87. The largest absolute Gasteiger partial charge is 0.508 e. The van der Waals surface area contributed by atoms with Crippen LogP contribution in [0.2, 0.25) is 0 Å². The maximum atomic E-state index is 12.0. The SMILES string of the molecule is CC1=CCCC(C)=CCC(C)(C)C=CC1.COc1ccc(CC(=O)c2ccc(O)cc2O)cc1. The van der Waals surface area contributed by atoms with E-state index in [9.17, 15) is 15.0 Å². The van der Waals surface area contributed by atoms with E-state index >= 15 is 0 Å². The van der Waals surface area contributed by atoms with Crippen LogP contribution in [0.25, 0.3) is 0 Å². The van der Waals surface area contributed by atoms with Crippen molar-refractivity contribution in [2.45, 2.75) is 59.8 Å². The predicted octanol–water partition coefficient (Wildman–Crippen LogP) is 7.57. The fraction of sp³-hybridized carbons (Fsp3) is 0.367. The molecule has 0 fully saturated rings. The summed E-state index contributed by atoms with van der Waals surface area (Å²) in [5.74, 6) is 0.239. The Morgan fingerprint density at radius 3 is 2.35 bits per heavy atom. The zero-order chi connectivity index (χ0) is 25.1. The van der Waals surface area contributed by atoms with E-state index in [1.165, 1.54) is 36.1 Å². The number of Topliss-reactive ketones (excluding diaryl/α,β-unsaturated/α-hetero) is 1. The maximum absolute atomic E-state index is 12.0. The van der Waals surface area contributed by atoms with Crippen LogP contribution in [0.1, 0.15) is 69.3 Å². The molecule has 4 nitrogen and oxygen atoms in total. The first-order valence-corrected chi connectivity index (χ1v) is 11.8. The highest BCUT2D eigenvalue weighted by molar-refractivity contribution is 6.00. The lowest BCUT2D eigenvalue weighted by Gasteiger charge is -2.18. The lowest BCUT2D eigenvalue weighted by molar-refractivity contribution is 0.0990. The Morgan fingerprint density at radius 1 is 1.00 bits per heavy atom. The summed E-state index contributed by atoms with van der Waals surface area (Å²) in [5, 5.41) is 18.8. The van der Waals surface area contributed by atoms with Crippen LogP contribution in [0.4, 0.5) is 0 Å². The van der Waals surface area contributed by atoms with Crippen LogP contribution in [-0.4, -0.2) is 23.1 Å². The molecule has 0 bridgehead atoms. The summed E-state index contributed by atoms with van der Waals surface area (Å²) in [4.78, 5) is 12.0. The molecule has 0 unspecified atom stereocenters. The Kier molecular flexibility index (Phi) is 10.2. The summed E-state index contributed by atoms with van der Waals surface area (Å²) in [6.07, 6.45) is 14.3. The number of hydrogen-bond acceptors (Lipinski definition) is 4. The van der Waals surface area contributed by atoms with Crippen LogP contribution >= 0.6 is 0 Å². The predicted molar refractivity (Wildman–Crippen MR) is 140 cm³/mol. The minimum atomic E-state index is -0.210. The van der Waals surface area contributed by atoms with Crippen LogP contribution in [-0.2, 0) is 6.42 Å². The molecule has 0 radical (unpaired) electrons. The minimum absolute atomic E-state index is 0.0708. The van der Waals surface area contributed by atoms with E-state index < -0.39 is 0 Å². The van der Waals surface area contributed by atoms with Gasteiger partial charge in [0.2, 0.25) is 0 Å². The van der Waals surface area contributed by atoms with Gasteiger partial charge >= 0.3 is 0 Å².